The molecule has 94 valence electrons. The van der Waals surface area contributed by atoms with Crippen LogP contribution in [0.4, 0.5) is 0 Å². The number of benzene rings is 2. The summed E-state index contributed by atoms with van der Waals surface area (Å²) < 4.78 is 5.33. The number of aromatic hydroxyl groups is 2. The molecule has 0 aliphatic rings. The number of ether oxygens (including phenoxy) is 1. The van der Waals surface area contributed by atoms with Crippen molar-refractivity contribution >= 4 is 34.8 Å². The monoisotopic (exact) mass is 304 g/mol. The van der Waals surface area contributed by atoms with Gasteiger partial charge in [0.25, 0.3) is 0 Å². The molecule has 3 nitrogen and oxygen atoms in total. The Morgan fingerprint density at radius 1 is 0.889 bits per heavy atom. The van der Waals surface area contributed by atoms with Crippen molar-refractivity contribution in [3.8, 4) is 23.0 Å². The van der Waals surface area contributed by atoms with E-state index in [4.69, 9.17) is 39.5 Å². The summed E-state index contributed by atoms with van der Waals surface area (Å²) in [5, 5.41) is 19.9. The minimum absolute atomic E-state index is 0.0115. The number of phenols is 2. The molecule has 0 atom stereocenters. The summed E-state index contributed by atoms with van der Waals surface area (Å²) >= 11 is 17.2. The van der Waals surface area contributed by atoms with Gasteiger partial charge < -0.3 is 14.9 Å². The second-order valence-electron chi connectivity index (χ2n) is 3.42. The maximum atomic E-state index is 9.74. The molecule has 0 saturated heterocycles. The summed E-state index contributed by atoms with van der Waals surface area (Å²) in [6.45, 7) is 0. The zero-order chi connectivity index (χ0) is 13.3. The van der Waals surface area contributed by atoms with Crippen molar-refractivity contribution in [2.24, 2.45) is 0 Å². The van der Waals surface area contributed by atoms with Gasteiger partial charge in [-0.3, -0.25) is 0 Å². The van der Waals surface area contributed by atoms with Gasteiger partial charge in [0.15, 0.2) is 23.0 Å². The van der Waals surface area contributed by atoms with E-state index in [1.807, 2.05) is 0 Å². The van der Waals surface area contributed by atoms with Crippen molar-refractivity contribution in [2.75, 3.05) is 0 Å². The van der Waals surface area contributed by atoms with E-state index in [9.17, 15) is 10.2 Å². The number of hydrogen-bond acceptors (Lipinski definition) is 3. The Kier molecular flexibility index (Phi) is 3.76. The van der Waals surface area contributed by atoms with E-state index in [0.717, 1.165) is 0 Å². The van der Waals surface area contributed by atoms with Crippen molar-refractivity contribution in [2.45, 2.75) is 0 Å². The number of rotatable bonds is 2. The molecule has 0 saturated carbocycles. The van der Waals surface area contributed by atoms with Gasteiger partial charge in [0.05, 0.1) is 5.02 Å². The molecule has 0 fully saturated rings. The fourth-order valence-electron chi connectivity index (χ4n) is 1.30. The van der Waals surface area contributed by atoms with Crippen LogP contribution in [-0.4, -0.2) is 10.2 Å². The quantitative estimate of drug-likeness (QED) is 0.834. The predicted molar refractivity (Wildman–Crippen MR) is 71.3 cm³/mol. The van der Waals surface area contributed by atoms with Crippen molar-refractivity contribution in [3.05, 3.63) is 45.4 Å². The Balaban J connectivity index is 2.37. The van der Waals surface area contributed by atoms with Gasteiger partial charge in [-0.05, 0) is 24.3 Å². The topological polar surface area (TPSA) is 49.7 Å². The van der Waals surface area contributed by atoms with Crippen LogP contribution in [-0.2, 0) is 0 Å². The number of hydrogen-bond donors (Lipinski definition) is 2. The fraction of sp³-hybridized carbons (Fsp3) is 0. The predicted octanol–water partition coefficient (Wildman–Crippen LogP) is 4.85. The van der Waals surface area contributed by atoms with E-state index < -0.39 is 0 Å². The van der Waals surface area contributed by atoms with Crippen molar-refractivity contribution in [1.29, 1.82) is 0 Å². The molecule has 2 aromatic carbocycles. The standard InChI is InChI=1S/C12H7Cl3O3/c13-6-1-3-9(8(16)5-6)18-10-4-2-7(14)11(15)12(10)17/h1-5,16-17H. The number of halogens is 3. The second-order valence-corrected chi connectivity index (χ2v) is 4.64. The molecule has 2 aromatic rings. The van der Waals surface area contributed by atoms with Crippen LogP contribution in [0.1, 0.15) is 0 Å². The maximum Gasteiger partial charge on any atom is 0.178 e. The van der Waals surface area contributed by atoms with Gasteiger partial charge in [-0.15, -0.1) is 0 Å². The lowest BCUT2D eigenvalue weighted by Crippen LogP contribution is -1.86. The first-order chi connectivity index (χ1) is 8.49. The summed E-state index contributed by atoms with van der Waals surface area (Å²) in [6, 6.07) is 7.26. The van der Waals surface area contributed by atoms with Crippen LogP contribution >= 0.6 is 34.8 Å². The third kappa shape index (κ3) is 2.58. The number of phenolic OH excluding ortho intramolecular Hbond substituents is 2. The molecule has 18 heavy (non-hydrogen) atoms. The molecule has 0 bridgehead atoms. The Bertz CT molecular complexity index is 599. The van der Waals surface area contributed by atoms with Gasteiger partial charge in [-0.1, -0.05) is 34.8 Å². The summed E-state index contributed by atoms with van der Waals surface area (Å²) in [7, 11) is 0. The SMILES string of the molecule is Oc1cc(Cl)ccc1Oc1ccc(Cl)c(Cl)c1O. The average Bonchev–Trinajstić information content (AvgIpc) is 2.33. The average molecular weight is 306 g/mol. The second kappa shape index (κ2) is 5.14. The highest BCUT2D eigenvalue weighted by Crippen LogP contribution is 2.42. The van der Waals surface area contributed by atoms with Gasteiger partial charge in [-0.2, -0.15) is 0 Å². The Morgan fingerprint density at radius 3 is 2.22 bits per heavy atom. The highest BCUT2D eigenvalue weighted by molar-refractivity contribution is 6.43. The highest BCUT2D eigenvalue weighted by Gasteiger charge is 2.13. The normalized spacial score (nSPS) is 10.4. The molecule has 0 unspecified atom stereocenters. The maximum absolute atomic E-state index is 9.74. The molecular weight excluding hydrogens is 298 g/mol. The van der Waals surface area contributed by atoms with E-state index >= 15 is 0 Å². The zero-order valence-electron chi connectivity index (χ0n) is 8.82. The zero-order valence-corrected chi connectivity index (χ0v) is 11.1. The molecule has 0 aliphatic carbocycles. The van der Waals surface area contributed by atoms with E-state index in [1.54, 1.807) is 6.07 Å². The van der Waals surface area contributed by atoms with Gasteiger partial charge in [-0.25, -0.2) is 0 Å². The summed E-state index contributed by atoms with van der Waals surface area (Å²) in [5.41, 5.74) is 0. The van der Waals surface area contributed by atoms with E-state index in [-0.39, 0.29) is 33.0 Å². The van der Waals surface area contributed by atoms with Gasteiger partial charge in [0.2, 0.25) is 0 Å². The Hall–Kier alpha value is -1.29. The van der Waals surface area contributed by atoms with Crippen LogP contribution in [0.5, 0.6) is 23.0 Å². The highest BCUT2D eigenvalue weighted by atomic mass is 35.5. The largest absolute Gasteiger partial charge is 0.504 e. The molecule has 2 rings (SSSR count). The molecular formula is C12H7Cl3O3. The van der Waals surface area contributed by atoms with Crippen molar-refractivity contribution < 1.29 is 14.9 Å². The first kappa shape index (κ1) is 13.1. The lowest BCUT2D eigenvalue weighted by atomic mass is 10.3. The third-order valence-corrected chi connectivity index (χ3v) is 3.20. The van der Waals surface area contributed by atoms with Crippen LogP contribution in [0.15, 0.2) is 30.3 Å². The van der Waals surface area contributed by atoms with Crippen LogP contribution in [0.25, 0.3) is 0 Å². The molecule has 0 amide bonds. The van der Waals surface area contributed by atoms with Gasteiger partial charge in [0, 0.05) is 11.1 Å². The molecule has 0 heterocycles. The summed E-state index contributed by atoms with van der Waals surface area (Å²) in [4.78, 5) is 0. The fourth-order valence-corrected chi connectivity index (χ4v) is 1.77. The van der Waals surface area contributed by atoms with E-state index in [0.29, 0.717) is 5.02 Å². The molecule has 6 heteroatoms. The molecule has 0 radical (unpaired) electrons. The minimum Gasteiger partial charge on any atom is -0.504 e. The lowest BCUT2D eigenvalue weighted by molar-refractivity contribution is 0.385. The molecule has 0 aromatic heterocycles. The van der Waals surface area contributed by atoms with Crippen LogP contribution in [0.3, 0.4) is 0 Å². The minimum atomic E-state index is -0.293. The van der Waals surface area contributed by atoms with E-state index in [2.05, 4.69) is 0 Å². The summed E-state index contributed by atoms with van der Waals surface area (Å²) in [6.07, 6.45) is 0. The Morgan fingerprint density at radius 2 is 1.56 bits per heavy atom. The van der Waals surface area contributed by atoms with Gasteiger partial charge in [0.1, 0.15) is 5.02 Å². The van der Waals surface area contributed by atoms with Crippen LogP contribution in [0, 0.1) is 0 Å². The van der Waals surface area contributed by atoms with Crippen LogP contribution < -0.4 is 4.74 Å². The first-order valence-corrected chi connectivity index (χ1v) is 5.96. The Labute approximate surface area is 118 Å². The molecule has 0 aliphatic heterocycles. The van der Waals surface area contributed by atoms with Crippen LogP contribution in [0.2, 0.25) is 15.1 Å². The van der Waals surface area contributed by atoms with E-state index in [1.165, 1.54) is 24.3 Å². The first-order valence-electron chi connectivity index (χ1n) is 4.82. The molecule has 0 spiro atoms. The lowest BCUT2D eigenvalue weighted by Gasteiger charge is -2.10. The summed E-state index contributed by atoms with van der Waals surface area (Å²) in [5.74, 6) is -0.207. The van der Waals surface area contributed by atoms with Crippen molar-refractivity contribution in [1.82, 2.24) is 0 Å². The third-order valence-electron chi connectivity index (χ3n) is 2.17. The smallest absolute Gasteiger partial charge is 0.178 e. The van der Waals surface area contributed by atoms with Gasteiger partial charge >= 0.3 is 0 Å². The molecule has 2 N–H and O–H groups in total. The van der Waals surface area contributed by atoms with Crippen molar-refractivity contribution in [3.63, 3.8) is 0 Å².